The van der Waals surface area contributed by atoms with E-state index in [4.69, 9.17) is 23.7 Å². The molecule has 5 aliphatic rings. The van der Waals surface area contributed by atoms with Crippen LogP contribution in [0.4, 0.5) is 0 Å². The molecule has 65 heavy (non-hydrogen) atoms. The van der Waals surface area contributed by atoms with Crippen molar-refractivity contribution in [3.05, 3.63) is 152 Å². The SMILES string of the molecule is CCCCCCOc1ccc2c(c1)CC2.CCCCCOc1ccc2c(c1)CC2.CCCc1ccc2c(c1)CC2.COCCCCOc1ccc2c(c1)CC2.COc1ccc2c(c1)CC2. The van der Waals surface area contributed by atoms with Crippen molar-refractivity contribution >= 4 is 0 Å². The van der Waals surface area contributed by atoms with E-state index in [9.17, 15) is 0 Å². The second-order valence-corrected chi connectivity index (χ2v) is 18.3. The summed E-state index contributed by atoms with van der Waals surface area (Å²) in [5.41, 5.74) is 16.6. The van der Waals surface area contributed by atoms with Crippen LogP contribution in [-0.2, 0) is 75.4 Å². The fourth-order valence-corrected chi connectivity index (χ4v) is 8.57. The fraction of sp³-hybridized carbons (Fsp3) is 0.500. The highest BCUT2D eigenvalue weighted by Crippen LogP contribution is 2.30. The lowest BCUT2D eigenvalue weighted by atomic mass is 9.87. The summed E-state index contributed by atoms with van der Waals surface area (Å²) in [5, 5.41) is 0. The Morgan fingerprint density at radius 1 is 0.323 bits per heavy atom. The van der Waals surface area contributed by atoms with Gasteiger partial charge in [0.05, 0.1) is 26.9 Å². The molecule has 0 N–H and O–H groups in total. The number of unbranched alkanes of at least 4 members (excludes halogenated alkanes) is 6. The van der Waals surface area contributed by atoms with Gasteiger partial charge in [-0.15, -0.1) is 0 Å². The summed E-state index contributed by atoms with van der Waals surface area (Å²) in [5.74, 6) is 4.12. The number of methoxy groups -OCH3 is 2. The summed E-state index contributed by atoms with van der Waals surface area (Å²) in [6.45, 7) is 10.0. The summed E-state index contributed by atoms with van der Waals surface area (Å²) in [6.07, 6.45) is 26.0. The van der Waals surface area contributed by atoms with E-state index in [0.717, 1.165) is 62.3 Å². The van der Waals surface area contributed by atoms with Crippen LogP contribution in [0.5, 0.6) is 23.0 Å². The Kier molecular flexibility index (Phi) is 21.2. The van der Waals surface area contributed by atoms with Crippen molar-refractivity contribution in [1.29, 1.82) is 0 Å². The van der Waals surface area contributed by atoms with Crippen LogP contribution in [0.3, 0.4) is 0 Å². The van der Waals surface area contributed by atoms with E-state index in [-0.39, 0.29) is 0 Å². The van der Waals surface area contributed by atoms with Gasteiger partial charge in [0.25, 0.3) is 0 Å². The van der Waals surface area contributed by atoms with Crippen molar-refractivity contribution in [2.45, 2.75) is 156 Å². The maximum atomic E-state index is 5.72. The molecule has 0 saturated heterocycles. The van der Waals surface area contributed by atoms with E-state index in [2.05, 4.69) is 106 Å². The standard InChI is InChI=1S/C14H20O.C13H18O2.C13H18O.C11H14.C9H10O/c1-2-3-4-5-10-15-14-9-8-12-6-7-13(12)11-14;1-14-8-2-3-9-15-13-7-6-11-4-5-12(11)10-13;1-2-3-4-9-14-13-8-7-11-5-6-12(11)10-13;1-2-3-9-4-5-10-6-7-11(10)8-9;1-10-9-5-4-7-2-3-8(7)6-9/h8-9,11H,2-7,10H2,1H3;6-7,10H,2-5,8-9H2,1H3;7-8,10H,2-6,9H2,1H3;4-5,8H,2-3,6-7H2,1H3;4-6H,2-3H2,1H3. The number of benzene rings is 5. The summed E-state index contributed by atoms with van der Waals surface area (Å²) >= 11 is 0. The summed E-state index contributed by atoms with van der Waals surface area (Å²) < 4.78 is 27.1. The van der Waals surface area contributed by atoms with E-state index in [1.807, 2.05) is 6.07 Å². The zero-order chi connectivity index (χ0) is 45.5. The molecule has 5 aliphatic carbocycles. The van der Waals surface area contributed by atoms with Gasteiger partial charge < -0.3 is 23.7 Å². The number of fused-ring (bicyclic) bond motifs is 5. The number of rotatable bonds is 20. The van der Waals surface area contributed by atoms with Crippen LogP contribution in [-0.4, -0.2) is 40.6 Å². The fourth-order valence-electron chi connectivity index (χ4n) is 8.57. The predicted molar refractivity (Wildman–Crippen MR) is 271 cm³/mol. The molecule has 5 aromatic carbocycles. The highest BCUT2D eigenvalue weighted by molar-refractivity contribution is 5.44. The molecule has 0 aromatic heterocycles. The first kappa shape index (κ1) is 49.7. The van der Waals surface area contributed by atoms with Crippen molar-refractivity contribution in [2.75, 3.05) is 40.6 Å². The van der Waals surface area contributed by atoms with Gasteiger partial charge in [0, 0.05) is 13.7 Å². The van der Waals surface area contributed by atoms with Gasteiger partial charge >= 0.3 is 0 Å². The molecule has 0 bridgehead atoms. The zero-order valence-corrected chi connectivity index (χ0v) is 40.9. The lowest BCUT2D eigenvalue weighted by molar-refractivity contribution is 0.184. The average Bonchev–Trinajstić information content (AvgIpc) is 3.27. The Morgan fingerprint density at radius 3 is 1.02 bits per heavy atom. The maximum absolute atomic E-state index is 5.72. The third kappa shape index (κ3) is 16.0. The van der Waals surface area contributed by atoms with Crippen molar-refractivity contribution in [2.24, 2.45) is 0 Å². The first-order valence-electron chi connectivity index (χ1n) is 25.5. The lowest BCUT2D eigenvalue weighted by Gasteiger charge is -2.19. The molecular weight excluding hydrogens is 801 g/mol. The minimum Gasteiger partial charge on any atom is -0.497 e. The van der Waals surface area contributed by atoms with Crippen LogP contribution in [0.1, 0.15) is 146 Å². The van der Waals surface area contributed by atoms with Crippen molar-refractivity contribution in [3.63, 3.8) is 0 Å². The third-order valence-electron chi connectivity index (χ3n) is 13.4. The Balaban J connectivity index is 0.000000136. The molecule has 0 amide bonds. The van der Waals surface area contributed by atoms with E-state index in [1.165, 1.54) is 172 Å². The van der Waals surface area contributed by atoms with Crippen LogP contribution in [0, 0.1) is 0 Å². The number of aryl methyl sites for hydroxylation is 11. The quantitative estimate of drug-likeness (QED) is 0.0729. The Labute approximate surface area is 393 Å². The Morgan fingerprint density at radius 2 is 0.662 bits per heavy atom. The normalized spacial score (nSPS) is 13.4. The van der Waals surface area contributed by atoms with Crippen molar-refractivity contribution < 1.29 is 23.7 Å². The largest absolute Gasteiger partial charge is 0.497 e. The van der Waals surface area contributed by atoms with Gasteiger partial charge in [0.2, 0.25) is 0 Å². The van der Waals surface area contributed by atoms with E-state index >= 15 is 0 Å². The molecule has 0 aliphatic heterocycles. The summed E-state index contributed by atoms with van der Waals surface area (Å²) in [4.78, 5) is 0. The van der Waals surface area contributed by atoms with Crippen LogP contribution < -0.4 is 18.9 Å². The van der Waals surface area contributed by atoms with Gasteiger partial charge in [-0.2, -0.15) is 0 Å². The van der Waals surface area contributed by atoms with Crippen molar-refractivity contribution in [3.8, 4) is 23.0 Å². The minimum absolute atomic E-state index is 0.794. The van der Waals surface area contributed by atoms with E-state index in [1.54, 1.807) is 25.3 Å². The van der Waals surface area contributed by atoms with Gasteiger partial charge in [-0.05, 0) is 206 Å². The minimum atomic E-state index is 0.794. The van der Waals surface area contributed by atoms with Crippen LogP contribution in [0.2, 0.25) is 0 Å². The molecule has 0 saturated carbocycles. The highest BCUT2D eigenvalue weighted by Gasteiger charge is 2.16. The maximum Gasteiger partial charge on any atom is 0.119 e. The summed E-state index contributed by atoms with van der Waals surface area (Å²) in [7, 11) is 3.44. The molecule has 0 spiro atoms. The zero-order valence-electron chi connectivity index (χ0n) is 40.9. The van der Waals surface area contributed by atoms with Crippen LogP contribution >= 0.6 is 0 Å². The second-order valence-electron chi connectivity index (χ2n) is 18.3. The van der Waals surface area contributed by atoms with Gasteiger partial charge in [0.15, 0.2) is 0 Å². The molecule has 5 heteroatoms. The number of hydrogen-bond donors (Lipinski definition) is 0. The smallest absolute Gasteiger partial charge is 0.119 e. The lowest BCUT2D eigenvalue weighted by Crippen LogP contribution is -2.08. The van der Waals surface area contributed by atoms with Crippen LogP contribution in [0.15, 0.2) is 91.0 Å². The highest BCUT2D eigenvalue weighted by atomic mass is 16.5. The van der Waals surface area contributed by atoms with Gasteiger partial charge in [-0.3, -0.25) is 0 Å². The Bertz CT molecular complexity index is 2100. The van der Waals surface area contributed by atoms with Crippen molar-refractivity contribution in [1.82, 2.24) is 0 Å². The summed E-state index contributed by atoms with van der Waals surface area (Å²) in [6, 6.07) is 32.7. The second kappa shape index (κ2) is 27.7. The molecule has 5 aromatic rings. The molecule has 0 atom stereocenters. The molecule has 0 heterocycles. The first-order valence-corrected chi connectivity index (χ1v) is 25.5. The van der Waals surface area contributed by atoms with E-state index in [0.29, 0.717) is 0 Å². The first-order chi connectivity index (χ1) is 32.0. The monoisotopic (exact) mass is 881 g/mol. The molecule has 10 rings (SSSR count). The topological polar surface area (TPSA) is 46.2 Å². The van der Waals surface area contributed by atoms with E-state index < -0.39 is 0 Å². The van der Waals surface area contributed by atoms with Gasteiger partial charge in [-0.25, -0.2) is 0 Å². The Hall–Kier alpha value is -4.74. The third-order valence-corrected chi connectivity index (χ3v) is 13.4. The van der Waals surface area contributed by atoms with Gasteiger partial charge in [-0.1, -0.05) is 102 Å². The average molecular weight is 881 g/mol. The molecule has 0 unspecified atom stereocenters. The van der Waals surface area contributed by atoms with Gasteiger partial charge in [0.1, 0.15) is 23.0 Å². The predicted octanol–water partition coefficient (Wildman–Crippen LogP) is 14.2. The molecule has 5 nitrogen and oxygen atoms in total. The number of hydrogen-bond acceptors (Lipinski definition) is 5. The number of ether oxygens (including phenoxy) is 5. The molecule has 350 valence electrons. The van der Waals surface area contributed by atoms with Crippen LogP contribution in [0.25, 0.3) is 0 Å². The molecule has 0 radical (unpaired) electrons. The molecular formula is C60H80O5. The molecule has 0 fully saturated rings.